The Morgan fingerprint density at radius 3 is 1.50 bits per heavy atom. The molecule has 4 heteroatoms. The second-order valence-corrected chi connectivity index (χ2v) is 7.35. The monoisotopic (exact) mass is 277 g/mol. The molecule has 2 aliphatic rings. The van der Waals surface area contributed by atoms with Gasteiger partial charge in [0.1, 0.15) is 9.84 Å². The van der Waals surface area contributed by atoms with Gasteiger partial charge in [-0.15, -0.1) is 0 Å². The minimum Gasteiger partial charge on any atom is -0.301 e. The SMILES string of the molecule is CC.CC(C)N1CCCCC1.O=S1(=O)CCCC1. The standard InChI is InChI=1S/C8H17N.C4H8O2S.C2H6/c1-8(2)9-6-4-3-5-7-9;5-7(6)3-1-2-4-7;1-2/h8H,3-7H2,1-2H3;1-4H2;1-2H3. The second kappa shape index (κ2) is 9.79. The molecule has 0 saturated carbocycles. The predicted octanol–water partition coefficient (Wildman–Crippen LogP) is 3.10. The van der Waals surface area contributed by atoms with Crippen LogP contribution < -0.4 is 0 Å². The molecule has 2 heterocycles. The highest BCUT2D eigenvalue weighted by molar-refractivity contribution is 7.91. The molecule has 0 spiro atoms. The molecule has 0 aromatic heterocycles. The number of piperidine rings is 1. The Bertz CT molecular complexity index is 268. The van der Waals surface area contributed by atoms with Crippen LogP contribution in [0.15, 0.2) is 0 Å². The van der Waals surface area contributed by atoms with Crippen molar-refractivity contribution in [3.63, 3.8) is 0 Å². The third-order valence-corrected chi connectivity index (χ3v) is 5.10. The molecule has 0 atom stereocenters. The number of rotatable bonds is 1. The highest BCUT2D eigenvalue weighted by Crippen LogP contribution is 2.10. The molecule has 0 amide bonds. The normalized spacial score (nSPS) is 22.7. The number of hydrogen-bond acceptors (Lipinski definition) is 3. The molecular formula is C14H31NO2S. The minimum atomic E-state index is -2.55. The molecule has 2 aliphatic heterocycles. The number of nitrogens with zero attached hydrogens (tertiary/aromatic N) is 1. The predicted molar refractivity (Wildman–Crippen MR) is 79.8 cm³/mol. The van der Waals surface area contributed by atoms with Crippen LogP contribution in [0.3, 0.4) is 0 Å². The van der Waals surface area contributed by atoms with Crippen molar-refractivity contribution in [3.8, 4) is 0 Å². The van der Waals surface area contributed by atoms with E-state index in [1.54, 1.807) is 0 Å². The van der Waals surface area contributed by atoms with E-state index >= 15 is 0 Å². The van der Waals surface area contributed by atoms with Crippen LogP contribution in [0.25, 0.3) is 0 Å². The van der Waals surface area contributed by atoms with Gasteiger partial charge in [0.2, 0.25) is 0 Å². The van der Waals surface area contributed by atoms with Gasteiger partial charge in [-0.25, -0.2) is 8.42 Å². The Kier molecular flexibility index (Phi) is 9.74. The largest absolute Gasteiger partial charge is 0.301 e. The van der Waals surface area contributed by atoms with Gasteiger partial charge in [-0.3, -0.25) is 0 Å². The van der Waals surface area contributed by atoms with E-state index in [1.165, 1.54) is 32.4 Å². The Labute approximate surface area is 114 Å². The van der Waals surface area contributed by atoms with E-state index in [9.17, 15) is 8.42 Å². The molecule has 0 unspecified atom stereocenters. The topological polar surface area (TPSA) is 37.4 Å². The van der Waals surface area contributed by atoms with Gasteiger partial charge in [-0.05, 0) is 52.6 Å². The Hall–Kier alpha value is -0.0900. The van der Waals surface area contributed by atoms with E-state index < -0.39 is 9.84 Å². The van der Waals surface area contributed by atoms with E-state index in [0.717, 1.165) is 18.9 Å². The molecule has 18 heavy (non-hydrogen) atoms. The molecule has 0 bridgehead atoms. The van der Waals surface area contributed by atoms with E-state index in [0.29, 0.717) is 11.5 Å². The minimum absolute atomic E-state index is 0.424. The van der Waals surface area contributed by atoms with Crippen LogP contribution in [0.4, 0.5) is 0 Å². The van der Waals surface area contributed by atoms with Crippen LogP contribution >= 0.6 is 0 Å². The maximum Gasteiger partial charge on any atom is 0.150 e. The zero-order valence-electron chi connectivity index (χ0n) is 12.6. The molecule has 0 N–H and O–H groups in total. The van der Waals surface area contributed by atoms with E-state index in [2.05, 4.69) is 18.7 Å². The lowest BCUT2D eigenvalue weighted by atomic mass is 10.1. The first-order valence-corrected chi connectivity index (χ1v) is 9.28. The molecule has 0 aromatic rings. The average molecular weight is 277 g/mol. The molecular weight excluding hydrogens is 246 g/mol. The zero-order chi connectivity index (χ0) is 14.0. The van der Waals surface area contributed by atoms with Crippen molar-refractivity contribution in [3.05, 3.63) is 0 Å². The fourth-order valence-electron chi connectivity index (χ4n) is 2.18. The Morgan fingerprint density at radius 1 is 0.833 bits per heavy atom. The van der Waals surface area contributed by atoms with E-state index in [-0.39, 0.29) is 0 Å². The zero-order valence-corrected chi connectivity index (χ0v) is 13.4. The lowest BCUT2D eigenvalue weighted by Crippen LogP contribution is -2.35. The lowest BCUT2D eigenvalue weighted by Gasteiger charge is -2.29. The molecule has 0 aromatic carbocycles. The highest BCUT2D eigenvalue weighted by Gasteiger charge is 2.16. The summed E-state index contributed by atoms with van der Waals surface area (Å²) >= 11 is 0. The van der Waals surface area contributed by atoms with Gasteiger partial charge in [-0.1, -0.05) is 20.3 Å². The molecule has 110 valence electrons. The van der Waals surface area contributed by atoms with Crippen LogP contribution in [0, 0.1) is 0 Å². The van der Waals surface area contributed by atoms with Crippen molar-refractivity contribution in [2.45, 2.75) is 65.8 Å². The van der Waals surface area contributed by atoms with Crippen molar-refractivity contribution >= 4 is 9.84 Å². The smallest absolute Gasteiger partial charge is 0.150 e. The van der Waals surface area contributed by atoms with Crippen LogP contribution in [-0.4, -0.2) is 44.0 Å². The van der Waals surface area contributed by atoms with Crippen LogP contribution in [0.2, 0.25) is 0 Å². The fourth-order valence-corrected chi connectivity index (χ4v) is 3.67. The van der Waals surface area contributed by atoms with Gasteiger partial charge >= 0.3 is 0 Å². The maximum atomic E-state index is 10.4. The van der Waals surface area contributed by atoms with Crippen molar-refractivity contribution in [1.29, 1.82) is 0 Å². The third kappa shape index (κ3) is 8.09. The van der Waals surface area contributed by atoms with Crippen LogP contribution in [0.5, 0.6) is 0 Å². The summed E-state index contributed by atoms with van der Waals surface area (Å²) in [4.78, 5) is 2.56. The molecule has 2 saturated heterocycles. The number of hydrogen-bond donors (Lipinski definition) is 0. The summed E-state index contributed by atoms with van der Waals surface area (Å²) in [6, 6.07) is 0.769. The number of sulfone groups is 1. The van der Waals surface area contributed by atoms with Crippen LogP contribution in [-0.2, 0) is 9.84 Å². The molecule has 2 rings (SSSR count). The van der Waals surface area contributed by atoms with Gasteiger partial charge in [0.05, 0.1) is 11.5 Å². The first kappa shape index (κ1) is 17.9. The summed E-state index contributed by atoms with van der Waals surface area (Å²) in [5, 5.41) is 0. The van der Waals surface area contributed by atoms with Crippen LogP contribution in [0.1, 0.15) is 59.8 Å². The van der Waals surface area contributed by atoms with Gasteiger partial charge in [-0.2, -0.15) is 0 Å². The third-order valence-electron chi connectivity index (χ3n) is 3.28. The van der Waals surface area contributed by atoms with Gasteiger partial charge in [0, 0.05) is 6.04 Å². The maximum absolute atomic E-state index is 10.4. The average Bonchev–Trinajstić information content (AvgIpc) is 2.78. The molecule has 3 nitrogen and oxygen atoms in total. The van der Waals surface area contributed by atoms with E-state index in [4.69, 9.17) is 0 Å². The molecule has 0 aliphatic carbocycles. The van der Waals surface area contributed by atoms with Crippen molar-refractivity contribution in [2.24, 2.45) is 0 Å². The van der Waals surface area contributed by atoms with Gasteiger partial charge in [0.25, 0.3) is 0 Å². The fraction of sp³-hybridized carbons (Fsp3) is 1.00. The first-order valence-electron chi connectivity index (χ1n) is 7.46. The quantitative estimate of drug-likeness (QED) is 0.739. The Balaban J connectivity index is 0.000000289. The van der Waals surface area contributed by atoms with Crippen molar-refractivity contribution in [2.75, 3.05) is 24.6 Å². The van der Waals surface area contributed by atoms with Crippen molar-refractivity contribution < 1.29 is 8.42 Å². The van der Waals surface area contributed by atoms with Gasteiger partial charge < -0.3 is 4.90 Å². The molecule has 2 fully saturated rings. The van der Waals surface area contributed by atoms with Crippen molar-refractivity contribution in [1.82, 2.24) is 4.90 Å². The van der Waals surface area contributed by atoms with Gasteiger partial charge in [0.15, 0.2) is 0 Å². The number of likely N-dealkylation sites (tertiary alicyclic amines) is 1. The molecule has 0 radical (unpaired) electrons. The summed E-state index contributed by atoms with van der Waals surface area (Å²) in [5.74, 6) is 0.847. The second-order valence-electron chi connectivity index (χ2n) is 5.05. The Morgan fingerprint density at radius 2 is 1.28 bits per heavy atom. The first-order chi connectivity index (χ1) is 8.51. The highest BCUT2D eigenvalue weighted by atomic mass is 32.2. The summed E-state index contributed by atoms with van der Waals surface area (Å²) in [7, 11) is -2.55. The summed E-state index contributed by atoms with van der Waals surface area (Å²) in [5.41, 5.74) is 0. The van der Waals surface area contributed by atoms with E-state index in [1.807, 2.05) is 13.8 Å². The summed E-state index contributed by atoms with van der Waals surface area (Å²) < 4.78 is 20.9. The lowest BCUT2D eigenvalue weighted by molar-refractivity contribution is 0.185. The summed E-state index contributed by atoms with van der Waals surface area (Å²) in [6.07, 6.45) is 6.03. The summed E-state index contributed by atoms with van der Waals surface area (Å²) in [6.45, 7) is 11.2.